The second kappa shape index (κ2) is 9.05. The molecule has 0 saturated carbocycles. The number of hydrogen-bond acceptors (Lipinski definition) is 3. The van der Waals surface area contributed by atoms with Gasteiger partial charge in [-0.3, -0.25) is 9.69 Å². The number of furan rings is 1. The van der Waals surface area contributed by atoms with E-state index in [-0.39, 0.29) is 11.9 Å². The van der Waals surface area contributed by atoms with E-state index >= 15 is 0 Å². The van der Waals surface area contributed by atoms with Crippen molar-refractivity contribution in [2.45, 2.75) is 46.1 Å². The predicted octanol–water partition coefficient (Wildman–Crippen LogP) is 4.56. The lowest BCUT2D eigenvalue weighted by atomic mass is 10.0. The Morgan fingerprint density at radius 2 is 2.00 bits per heavy atom. The number of carbonyl (C=O) groups excluding carboxylic acids is 1. The third-order valence-corrected chi connectivity index (χ3v) is 5.12. The fraction of sp³-hybridized carbons (Fsp3) is 0.435. The lowest BCUT2D eigenvalue weighted by molar-refractivity contribution is -0.117. The van der Waals surface area contributed by atoms with Crippen LogP contribution in [0.2, 0.25) is 0 Å². The summed E-state index contributed by atoms with van der Waals surface area (Å²) in [4.78, 5) is 14.8. The first-order chi connectivity index (χ1) is 13.1. The number of rotatable bonds is 6. The van der Waals surface area contributed by atoms with Gasteiger partial charge in [-0.05, 0) is 38.8 Å². The molecule has 144 valence electrons. The molecule has 1 aromatic heterocycles. The molecule has 0 unspecified atom stereocenters. The smallest absolute Gasteiger partial charge is 0.244 e. The van der Waals surface area contributed by atoms with E-state index in [0.717, 1.165) is 61.2 Å². The number of para-hydroxylation sites is 1. The SMILES string of the molecule is CCc1oc2ccccc2c1/C=C/C(=O)NC1CCN(CC=C(C)C)CC1. The third-order valence-electron chi connectivity index (χ3n) is 5.12. The van der Waals surface area contributed by atoms with Crippen LogP contribution in [0.1, 0.15) is 44.9 Å². The van der Waals surface area contributed by atoms with Crippen LogP contribution in [0, 0.1) is 0 Å². The first-order valence-electron chi connectivity index (χ1n) is 9.91. The first kappa shape index (κ1) is 19.4. The summed E-state index contributed by atoms with van der Waals surface area (Å²) in [7, 11) is 0. The van der Waals surface area contributed by atoms with Gasteiger partial charge in [0.15, 0.2) is 0 Å². The van der Waals surface area contributed by atoms with Gasteiger partial charge in [0.25, 0.3) is 0 Å². The molecular formula is C23H30N2O2. The maximum atomic E-state index is 12.4. The minimum absolute atomic E-state index is 0.0231. The van der Waals surface area contributed by atoms with E-state index in [9.17, 15) is 4.79 Å². The minimum atomic E-state index is -0.0231. The number of piperidine rings is 1. The number of likely N-dealkylation sites (tertiary alicyclic amines) is 1. The van der Waals surface area contributed by atoms with Gasteiger partial charge >= 0.3 is 0 Å². The number of amides is 1. The Morgan fingerprint density at radius 1 is 1.26 bits per heavy atom. The molecule has 0 aliphatic carbocycles. The van der Waals surface area contributed by atoms with Crippen molar-refractivity contribution in [3.63, 3.8) is 0 Å². The fourth-order valence-electron chi connectivity index (χ4n) is 3.54. The van der Waals surface area contributed by atoms with Crippen molar-refractivity contribution in [1.82, 2.24) is 10.2 Å². The van der Waals surface area contributed by atoms with E-state index in [1.54, 1.807) is 6.08 Å². The molecule has 2 aromatic rings. The molecule has 0 spiro atoms. The molecule has 0 bridgehead atoms. The van der Waals surface area contributed by atoms with Crippen molar-refractivity contribution in [3.8, 4) is 0 Å². The summed E-state index contributed by atoms with van der Waals surface area (Å²) in [5.74, 6) is 0.901. The molecule has 4 nitrogen and oxygen atoms in total. The zero-order valence-electron chi connectivity index (χ0n) is 16.6. The quantitative estimate of drug-likeness (QED) is 0.602. The van der Waals surface area contributed by atoms with Crippen LogP contribution in [0.15, 0.2) is 46.4 Å². The molecule has 1 saturated heterocycles. The molecule has 3 rings (SSSR count). The second-order valence-corrected chi connectivity index (χ2v) is 7.49. The zero-order valence-corrected chi connectivity index (χ0v) is 16.6. The lowest BCUT2D eigenvalue weighted by Crippen LogP contribution is -2.44. The van der Waals surface area contributed by atoms with Gasteiger partial charge in [0.2, 0.25) is 5.91 Å². The van der Waals surface area contributed by atoms with Crippen molar-refractivity contribution < 1.29 is 9.21 Å². The van der Waals surface area contributed by atoms with Crippen LogP contribution in [0.5, 0.6) is 0 Å². The van der Waals surface area contributed by atoms with Gasteiger partial charge < -0.3 is 9.73 Å². The number of hydrogen-bond donors (Lipinski definition) is 1. The van der Waals surface area contributed by atoms with Crippen molar-refractivity contribution in [2.75, 3.05) is 19.6 Å². The molecule has 1 aromatic carbocycles. The number of nitrogens with one attached hydrogen (secondary N) is 1. The van der Waals surface area contributed by atoms with Gasteiger partial charge in [-0.25, -0.2) is 0 Å². The summed E-state index contributed by atoms with van der Waals surface area (Å²) in [5, 5.41) is 4.21. The standard InChI is InChI=1S/C23H30N2O2/c1-4-21-20(19-7-5-6-8-22(19)27-21)9-10-23(26)24-18-12-15-25(16-13-18)14-11-17(2)3/h5-11,18H,4,12-16H2,1-3H3,(H,24,26)/b10-9+. The summed E-state index contributed by atoms with van der Waals surface area (Å²) in [6.07, 6.45) is 8.62. The summed E-state index contributed by atoms with van der Waals surface area (Å²) < 4.78 is 5.89. The molecule has 27 heavy (non-hydrogen) atoms. The highest BCUT2D eigenvalue weighted by Crippen LogP contribution is 2.27. The highest BCUT2D eigenvalue weighted by atomic mass is 16.3. The van der Waals surface area contributed by atoms with E-state index < -0.39 is 0 Å². The van der Waals surface area contributed by atoms with Crippen LogP contribution in [0.25, 0.3) is 17.0 Å². The average molecular weight is 367 g/mol. The first-order valence-corrected chi connectivity index (χ1v) is 9.91. The summed E-state index contributed by atoms with van der Waals surface area (Å²) in [6, 6.07) is 8.23. The van der Waals surface area contributed by atoms with E-state index in [2.05, 4.69) is 37.1 Å². The van der Waals surface area contributed by atoms with Crippen molar-refractivity contribution in [1.29, 1.82) is 0 Å². The molecule has 1 aliphatic heterocycles. The van der Waals surface area contributed by atoms with Gasteiger partial charge in [0.05, 0.1) is 0 Å². The van der Waals surface area contributed by atoms with Gasteiger partial charge in [0.1, 0.15) is 11.3 Å². The van der Waals surface area contributed by atoms with Crippen LogP contribution in [0.4, 0.5) is 0 Å². The Bertz CT molecular complexity index is 835. The molecule has 1 fully saturated rings. The third kappa shape index (κ3) is 5.10. The number of benzene rings is 1. The maximum absolute atomic E-state index is 12.4. The zero-order chi connectivity index (χ0) is 19.2. The minimum Gasteiger partial charge on any atom is -0.460 e. The molecule has 1 N–H and O–H groups in total. The van der Waals surface area contributed by atoms with Crippen LogP contribution in [-0.2, 0) is 11.2 Å². The van der Waals surface area contributed by atoms with Gasteiger partial charge in [-0.15, -0.1) is 0 Å². The fourth-order valence-corrected chi connectivity index (χ4v) is 3.54. The second-order valence-electron chi connectivity index (χ2n) is 7.49. The van der Waals surface area contributed by atoms with Crippen LogP contribution >= 0.6 is 0 Å². The Kier molecular flexibility index (Phi) is 6.51. The van der Waals surface area contributed by atoms with E-state index in [1.165, 1.54) is 5.57 Å². The molecule has 1 aliphatic rings. The van der Waals surface area contributed by atoms with Crippen LogP contribution in [0.3, 0.4) is 0 Å². The average Bonchev–Trinajstić information content (AvgIpc) is 3.03. The summed E-state index contributed by atoms with van der Waals surface area (Å²) in [5.41, 5.74) is 3.24. The van der Waals surface area contributed by atoms with Gasteiger partial charge in [0, 0.05) is 49.1 Å². The molecule has 1 amide bonds. The predicted molar refractivity (Wildman–Crippen MR) is 112 cm³/mol. The van der Waals surface area contributed by atoms with Crippen LogP contribution < -0.4 is 5.32 Å². The molecule has 0 radical (unpaired) electrons. The molecule has 4 heteroatoms. The van der Waals surface area contributed by atoms with Gasteiger partial charge in [-0.2, -0.15) is 0 Å². The summed E-state index contributed by atoms with van der Waals surface area (Å²) >= 11 is 0. The van der Waals surface area contributed by atoms with Crippen molar-refractivity contribution >= 4 is 23.0 Å². The monoisotopic (exact) mass is 366 g/mol. The number of allylic oxidation sites excluding steroid dienone is 1. The molecular weight excluding hydrogens is 336 g/mol. The molecule has 0 atom stereocenters. The topological polar surface area (TPSA) is 45.5 Å². The van der Waals surface area contributed by atoms with Crippen molar-refractivity contribution in [2.24, 2.45) is 0 Å². The number of fused-ring (bicyclic) bond motifs is 1. The highest BCUT2D eigenvalue weighted by Gasteiger charge is 2.19. The number of aryl methyl sites for hydroxylation is 1. The Balaban J connectivity index is 1.57. The van der Waals surface area contributed by atoms with E-state index in [0.29, 0.717) is 0 Å². The van der Waals surface area contributed by atoms with Gasteiger partial charge in [-0.1, -0.05) is 36.8 Å². The largest absolute Gasteiger partial charge is 0.460 e. The van der Waals surface area contributed by atoms with E-state index in [1.807, 2.05) is 30.3 Å². The van der Waals surface area contributed by atoms with E-state index in [4.69, 9.17) is 4.42 Å². The molecule has 2 heterocycles. The number of nitrogens with zero attached hydrogens (tertiary/aromatic N) is 1. The highest BCUT2D eigenvalue weighted by molar-refractivity contribution is 5.96. The Hall–Kier alpha value is -2.33. The van der Waals surface area contributed by atoms with Crippen LogP contribution in [-0.4, -0.2) is 36.5 Å². The summed E-state index contributed by atoms with van der Waals surface area (Å²) in [6.45, 7) is 9.41. The maximum Gasteiger partial charge on any atom is 0.244 e. The normalized spacial score (nSPS) is 16.1. The lowest BCUT2D eigenvalue weighted by Gasteiger charge is -2.31. The van der Waals surface area contributed by atoms with Crippen molar-refractivity contribution in [3.05, 3.63) is 53.3 Å². The number of carbonyl (C=O) groups is 1. The Labute approximate surface area is 161 Å². The Morgan fingerprint density at radius 3 is 2.70 bits per heavy atom.